The number of nitro groups is 1. The Morgan fingerprint density at radius 3 is 2.72 bits per heavy atom. The Hall–Kier alpha value is -1.17. The molecule has 0 amide bonds. The third-order valence-corrected chi connectivity index (χ3v) is 3.90. The van der Waals surface area contributed by atoms with Crippen molar-refractivity contribution < 1.29 is 10.0 Å². The van der Waals surface area contributed by atoms with Crippen molar-refractivity contribution in [3.63, 3.8) is 0 Å². The molecule has 1 saturated carbocycles. The van der Waals surface area contributed by atoms with Gasteiger partial charge >= 0.3 is 0 Å². The van der Waals surface area contributed by atoms with Crippen molar-refractivity contribution in [3.05, 3.63) is 38.9 Å². The fourth-order valence-corrected chi connectivity index (χ4v) is 2.40. The van der Waals surface area contributed by atoms with E-state index in [0.717, 1.165) is 19.3 Å². The van der Waals surface area contributed by atoms with Crippen LogP contribution in [0.25, 0.3) is 0 Å². The molecule has 1 aliphatic rings. The highest BCUT2D eigenvalue weighted by Crippen LogP contribution is 2.33. The smallest absolute Gasteiger partial charge is 0.275 e. The molecule has 0 atom stereocenters. The van der Waals surface area contributed by atoms with Crippen molar-refractivity contribution in [1.29, 1.82) is 0 Å². The Kier molecular flexibility index (Phi) is 3.85. The molecule has 0 saturated heterocycles. The summed E-state index contributed by atoms with van der Waals surface area (Å²) in [6, 6.07) is 4.64. The number of nitrogens with one attached hydrogen (secondary N) is 1. The van der Waals surface area contributed by atoms with Crippen molar-refractivity contribution in [2.24, 2.45) is 0 Å². The molecule has 5 nitrogen and oxygen atoms in total. The molecule has 98 valence electrons. The fraction of sp³-hybridized carbons (Fsp3) is 0.500. The van der Waals surface area contributed by atoms with Crippen molar-refractivity contribution in [2.75, 3.05) is 6.61 Å². The number of aliphatic hydroxyl groups excluding tert-OH is 1. The molecule has 0 spiro atoms. The van der Waals surface area contributed by atoms with Crippen LogP contribution < -0.4 is 5.32 Å². The van der Waals surface area contributed by atoms with Crippen LogP contribution in [-0.4, -0.2) is 22.2 Å². The van der Waals surface area contributed by atoms with E-state index in [2.05, 4.69) is 5.32 Å². The molecule has 0 heterocycles. The Balaban J connectivity index is 2.15. The second-order valence-electron chi connectivity index (χ2n) is 4.64. The van der Waals surface area contributed by atoms with Gasteiger partial charge in [0, 0.05) is 18.2 Å². The lowest BCUT2D eigenvalue weighted by molar-refractivity contribution is -0.385. The number of hydrogen-bond acceptors (Lipinski definition) is 4. The predicted octanol–water partition coefficient (Wildman–Crippen LogP) is 2.25. The van der Waals surface area contributed by atoms with Gasteiger partial charge in [0.15, 0.2) is 0 Å². The highest BCUT2D eigenvalue weighted by Gasteiger charge is 2.36. The minimum Gasteiger partial charge on any atom is -0.394 e. The highest BCUT2D eigenvalue weighted by molar-refractivity contribution is 6.31. The summed E-state index contributed by atoms with van der Waals surface area (Å²) in [5, 5.41) is 23.8. The summed E-state index contributed by atoms with van der Waals surface area (Å²) >= 11 is 6.00. The van der Waals surface area contributed by atoms with E-state index in [4.69, 9.17) is 11.6 Å². The molecule has 18 heavy (non-hydrogen) atoms. The quantitative estimate of drug-likeness (QED) is 0.636. The van der Waals surface area contributed by atoms with Crippen LogP contribution in [0.3, 0.4) is 0 Å². The standard InChI is InChI=1S/C12H15ClN2O3/c13-10-3-1-4-11(15(17)18)9(10)7-14-12(8-16)5-2-6-12/h1,3-4,14,16H,2,5-8H2. The van der Waals surface area contributed by atoms with Crippen LogP contribution in [0.2, 0.25) is 5.02 Å². The van der Waals surface area contributed by atoms with Crippen LogP contribution >= 0.6 is 11.6 Å². The van der Waals surface area contributed by atoms with Crippen LogP contribution in [-0.2, 0) is 6.54 Å². The van der Waals surface area contributed by atoms with E-state index in [1.165, 1.54) is 6.07 Å². The first-order valence-corrected chi connectivity index (χ1v) is 6.23. The maximum Gasteiger partial charge on any atom is 0.275 e. The van der Waals surface area contributed by atoms with E-state index in [9.17, 15) is 15.2 Å². The monoisotopic (exact) mass is 270 g/mol. The van der Waals surface area contributed by atoms with Crippen LogP contribution in [0.5, 0.6) is 0 Å². The first kappa shape index (κ1) is 13.3. The topological polar surface area (TPSA) is 75.4 Å². The zero-order chi connectivity index (χ0) is 13.2. The summed E-state index contributed by atoms with van der Waals surface area (Å²) in [6.45, 7) is 0.349. The molecule has 1 aromatic carbocycles. The number of nitrogens with zero attached hydrogens (tertiary/aromatic N) is 1. The highest BCUT2D eigenvalue weighted by atomic mass is 35.5. The third kappa shape index (κ3) is 2.48. The first-order valence-electron chi connectivity index (χ1n) is 5.86. The molecule has 0 aliphatic heterocycles. The number of halogens is 1. The first-order chi connectivity index (χ1) is 8.58. The maximum absolute atomic E-state index is 10.9. The number of benzene rings is 1. The Morgan fingerprint density at radius 1 is 1.50 bits per heavy atom. The van der Waals surface area contributed by atoms with Gasteiger partial charge in [0.05, 0.1) is 22.1 Å². The molecule has 2 N–H and O–H groups in total. The number of nitro benzene ring substituents is 1. The van der Waals surface area contributed by atoms with Crippen molar-refractivity contribution >= 4 is 17.3 Å². The molecule has 0 radical (unpaired) electrons. The lowest BCUT2D eigenvalue weighted by Gasteiger charge is -2.41. The Bertz CT molecular complexity index is 455. The van der Waals surface area contributed by atoms with Gasteiger partial charge in [0.1, 0.15) is 0 Å². The predicted molar refractivity (Wildman–Crippen MR) is 68.6 cm³/mol. The summed E-state index contributed by atoms with van der Waals surface area (Å²) < 4.78 is 0. The summed E-state index contributed by atoms with van der Waals surface area (Å²) in [5.74, 6) is 0. The van der Waals surface area contributed by atoms with Crippen LogP contribution in [0, 0.1) is 10.1 Å². The average Bonchev–Trinajstić information content (AvgIpc) is 2.29. The van der Waals surface area contributed by atoms with Gasteiger partial charge in [-0.1, -0.05) is 17.7 Å². The van der Waals surface area contributed by atoms with Crippen LogP contribution in [0.1, 0.15) is 24.8 Å². The summed E-state index contributed by atoms with van der Waals surface area (Å²) in [6.07, 6.45) is 2.85. The van der Waals surface area contributed by atoms with E-state index < -0.39 is 4.92 Å². The summed E-state index contributed by atoms with van der Waals surface area (Å²) in [4.78, 5) is 10.5. The van der Waals surface area contributed by atoms with Crippen LogP contribution in [0.15, 0.2) is 18.2 Å². The SMILES string of the molecule is O=[N+]([O-])c1cccc(Cl)c1CNC1(CO)CCC1. The second kappa shape index (κ2) is 5.22. The largest absolute Gasteiger partial charge is 0.394 e. The van der Waals surface area contributed by atoms with Crippen molar-refractivity contribution in [2.45, 2.75) is 31.3 Å². The lowest BCUT2D eigenvalue weighted by atomic mass is 9.77. The van der Waals surface area contributed by atoms with Gasteiger partial charge in [-0.25, -0.2) is 0 Å². The number of hydrogen-bond donors (Lipinski definition) is 2. The lowest BCUT2D eigenvalue weighted by Crippen LogP contribution is -2.53. The van der Waals surface area contributed by atoms with E-state index >= 15 is 0 Å². The number of aliphatic hydroxyl groups is 1. The van der Waals surface area contributed by atoms with E-state index in [1.54, 1.807) is 12.1 Å². The molecule has 6 heteroatoms. The maximum atomic E-state index is 10.9. The molecule has 1 aromatic rings. The molecule has 1 fully saturated rings. The second-order valence-corrected chi connectivity index (χ2v) is 5.05. The van der Waals surface area contributed by atoms with Gasteiger partial charge in [-0.15, -0.1) is 0 Å². The number of rotatable bonds is 5. The van der Waals surface area contributed by atoms with Gasteiger partial charge in [0.25, 0.3) is 5.69 Å². The van der Waals surface area contributed by atoms with Gasteiger partial charge in [-0.2, -0.15) is 0 Å². The zero-order valence-electron chi connectivity index (χ0n) is 9.86. The molecule has 1 aliphatic carbocycles. The summed E-state index contributed by atoms with van der Waals surface area (Å²) in [5.41, 5.74) is 0.207. The average molecular weight is 271 g/mol. The van der Waals surface area contributed by atoms with Crippen molar-refractivity contribution in [3.8, 4) is 0 Å². The molecular formula is C12H15ClN2O3. The van der Waals surface area contributed by atoms with Crippen molar-refractivity contribution in [1.82, 2.24) is 5.32 Å². The van der Waals surface area contributed by atoms with Crippen LogP contribution in [0.4, 0.5) is 5.69 Å². The summed E-state index contributed by atoms with van der Waals surface area (Å²) in [7, 11) is 0. The van der Waals surface area contributed by atoms with E-state index in [-0.39, 0.29) is 17.8 Å². The molecule has 0 aromatic heterocycles. The fourth-order valence-electron chi connectivity index (χ4n) is 2.16. The Labute approximate surface area is 110 Å². The molecular weight excluding hydrogens is 256 g/mol. The minimum atomic E-state index is -0.435. The molecule has 2 rings (SSSR count). The van der Waals surface area contributed by atoms with Gasteiger partial charge in [-0.3, -0.25) is 10.1 Å². The van der Waals surface area contributed by atoms with E-state index in [1.807, 2.05) is 0 Å². The Morgan fingerprint density at radius 2 is 2.22 bits per heavy atom. The minimum absolute atomic E-state index is 0.0161. The van der Waals surface area contributed by atoms with Gasteiger partial charge in [0.2, 0.25) is 0 Å². The molecule has 0 bridgehead atoms. The van der Waals surface area contributed by atoms with Gasteiger partial charge in [-0.05, 0) is 25.3 Å². The van der Waals surface area contributed by atoms with Gasteiger partial charge < -0.3 is 10.4 Å². The normalized spacial score (nSPS) is 17.2. The van der Waals surface area contributed by atoms with E-state index in [0.29, 0.717) is 17.1 Å². The third-order valence-electron chi connectivity index (χ3n) is 3.54. The zero-order valence-corrected chi connectivity index (χ0v) is 10.6. The molecule has 0 unspecified atom stereocenters.